The van der Waals surface area contributed by atoms with Crippen molar-refractivity contribution in [2.24, 2.45) is 5.92 Å². The van der Waals surface area contributed by atoms with Crippen molar-refractivity contribution in [1.29, 1.82) is 0 Å². The lowest BCUT2D eigenvalue weighted by molar-refractivity contribution is -0.124. The number of rotatable bonds is 11. The average Bonchev–Trinajstić information content (AvgIpc) is 3.14. The first-order valence-corrected chi connectivity index (χ1v) is 14.3. The Hall–Kier alpha value is -2.88. The largest absolute Gasteiger partial charge is 0.495 e. The van der Waals surface area contributed by atoms with Crippen LogP contribution in [0, 0.1) is 5.92 Å². The van der Waals surface area contributed by atoms with E-state index in [1.807, 2.05) is 11.8 Å². The first kappa shape index (κ1) is 29.1. The minimum Gasteiger partial charge on any atom is -0.495 e. The number of amides is 2. The number of hydrogen-bond donors (Lipinski definition) is 1. The fourth-order valence-corrected chi connectivity index (χ4v) is 5.72. The summed E-state index contributed by atoms with van der Waals surface area (Å²) < 4.78 is 10.7. The van der Waals surface area contributed by atoms with Gasteiger partial charge in [0.1, 0.15) is 17.5 Å². The van der Waals surface area contributed by atoms with E-state index in [2.05, 4.69) is 17.1 Å². The number of hydrogen-bond acceptors (Lipinski definition) is 6. The van der Waals surface area contributed by atoms with Gasteiger partial charge in [-0.1, -0.05) is 18.5 Å². The predicted molar refractivity (Wildman–Crippen MR) is 159 cm³/mol. The molecule has 1 N–H and O–H groups in total. The van der Waals surface area contributed by atoms with Crippen molar-refractivity contribution in [3.63, 3.8) is 0 Å². The number of benzene rings is 2. The molecule has 0 unspecified atom stereocenters. The molecule has 10 heteroatoms. The summed E-state index contributed by atoms with van der Waals surface area (Å²) >= 11 is 12.2. The lowest BCUT2D eigenvalue weighted by Gasteiger charge is -2.31. The molecule has 210 valence electrons. The number of nitrogens with zero attached hydrogens (tertiary/aromatic N) is 3. The summed E-state index contributed by atoms with van der Waals surface area (Å²) in [5.74, 6) is 1.51. The van der Waals surface area contributed by atoms with Crippen LogP contribution < -0.4 is 19.7 Å². The molecule has 1 atom stereocenters. The maximum atomic E-state index is 13.7. The van der Waals surface area contributed by atoms with Crippen LogP contribution in [0.3, 0.4) is 0 Å². The van der Waals surface area contributed by atoms with E-state index < -0.39 is 6.04 Å². The summed E-state index contributed by atoms with van der Waals surface area (Å²) in [6.45, 7) is 8.48. The molecule has 2 heterocycles. The highest BCUT2D eigenvalue weighted by molar-refractivity contribution is 7.80. The van der Waals surface area contributed by atoms with Crippen molar-refractivity contribution < 1.29 is 19.1 Å². The molecule has 2 aliphatic heterocycles. The maximum absolute atomic E-state index is 13.7. The zero-order valence-electron chi connectivity index (χ0n) is 22.8. The van der Waals surface area contributed by atoms with E-state index in [1.165, 1.54) is 24.9 Å². The number of carbonyl (C=O) groups excluding carboxylic acids is 2. The fourth-order valence-electron chi connectivity index (χ4n) is 5.06. The van der Waals surface area contributed by atoms with Gasteiger partial charge in [-0.2, -0.15) is 0 Å². The number of likely N-dealkylation sites (tertiary alicyclic amines) is 1. The minimum absolute atomic E-state index is 0.0200. The van der Waals surface area contributed by atoms with E-state index in [4.69, 9.17) is 33.3 Å². The van der Waals surface area contributed by atoms with Gasteiger partial charge in [0.2, 0.25) is 5.91 Å². The van der Waals surface area contributed by atoms with Gasteiger partial charge in [0.25, 0.3) is 5.91 Å². The van der Waals surface area contributed by atoms with E-state index in [9.17, 15) is 9.59 Å². The third-order valence-electron chi connectivity index (χ3n) is 7.29. The zero-order chi connectivity index (χ0) is 27.9. The monoisotopic (exact) mass is 572 g/mol. The number of thiocarbonyl (C=S) groups is 1. The molecular formula is C29H37ClN4O4S. The van der Waals surface area contributed by atoms with Crippen LogP contribution in [-0.4, -0.2) is 72.7 Å². The second-order valence-corrected chi connectivity index (χ2v) is 10.8. The topological polar surface area (TPSA) is 74.3 Å². The van der Waals surface area contributed by atoms with Gasteiger partial charge in [-0.15, -0.1) is 0 Å². The van der Waals surface area contributed by atoms with Gasteiger partial charge in [-0.05, 0) is 106 Å². The molecule has 0 radical (unpaired) electrons. The molecule has 2 saturated heterocycles. The van der Waals surface area contributed by atoms with Crippen molar-refractivity contribution >= 4 is 52.1 Å². The highest BCUT2D eigenvalue weighted by Crippen LogP contribution is 2.33. The lowest BCUT2D eigenvalue weighted by Crippen LogP contribution is -2.40. The highest BCUT2D eigenvalue weighted by Gasteiger charge is 2.44. The van der Waals surface area contributed by atoms with Gasteiger partial charge >= 0.3 is 0 Å². The molecule has 2 aliphatic rings. The Morgan fingerprint density at radius 1 is 1.13 bits per heavy atom. The van der Waals surface area contributed by atoms with Crippen molar-refractivity contribution in [3.05, 3.63) is 47.5 Å². The van der Waals surface area contributed by atoms with Gasteiger partial charge in [-0.25, -0.2) is 0 Å². The molecule has 2 fully saturated rings. The van der Waals surface area contributed by atoms with Crippen LogP contribution in [-0.2, 0) is 9.59 Å². The summed E-state index contributed by atoms with van der Waals surface area (Å²) in [7, 11) is 1.54. The van der Waals surface area contributed by atoms with Crippen LogP contribution in [0.25, 0.3) is 0 Å². The number of ether oxygens (including phenoxy) is 2. The lowest BCUT2D eigenvalue weighted by atomic mass is 9.99. The number of piperidine rings is 1. The average molecular weight is 573 g/mol. The van der Waals surface area contributed by atoms with Gasteiger partial charge < -0.3 is 24.6 Å². The van der Waals surface area contributed by atoms with Gasteiger partial charge in [0.05, 0.1) is 30.8 Å². The number of halogens is 1. The Labute approximate surface area is 241 Å². The van der Waals surface area contributed by atoms with Gasteiger partial charge in [0.15, 0.2) is 5.11 Å². The smallest absolute Gasteiger partial charge is 0.256 e. The molecule has 2 amide bonds. The molecule has 0 spiro atoms. The molecule has 2 aromatic carbocycles. The minimum atomic E-state index is -0.706. The first-order valence-electron chi connectivity index (χ1n) is 13.5. The molecule has 2 aromatic rings. The van der Waals surface area contributed by atoms with E-state index in [1.54, 1.807) is 42.5 Å². The van der Waals surface area contributed by atoms with Crippen molar-refractivity contribution in [2.75, 3.05) is 50.1 Å². The second kappa shape index (κ2) is 13.5. The van der Waals surface area contributed by atoms with Crippen LogP contribution in [0.5, 0.6) is 11.5 Å². The number of carbonyl (C=O) groups is 2. The fraction of sp³-hybridized carbons (Fsp3) is 0.483. The zero-order valence-corrected chi connectivity index (χ0v) is 24.4. The molecule has 0 aromatic heterocycles. The molecule has 8 nitrogen and oxygen atoms in total. The molecule has 4 rings (SSSR count). The summed E-state index contributed by atoms with van der Waals surface area (Å²) in [5, 5.41) is 3.67. The predicted octanol–water partition coefficient (Wildman–Crippen LogP) is 5.20. The number of methoxy groups -OCH3 is 1. The Kier molecular flexibility index (Phi) is 10.0. The molecular weight excluding hydrogens is 536 g/mol. The normalized spacial score (nSPS) is 18.5. The third-order valence-corrected chi connectivity index (χ3v) is 8.00. The van der Waals surface area contributed by atoms with E-state index in [0.29, 0.717) is 40.4 Å². The number of anilines is 2. The summed E-state index contributed by atoms with van der Waals surface area (Å²) in [4.78, 5) is 32.6. The molecule has 0 bridgehead atoms. The van der Waals surface area contributed by atoms with Crippen molar-refractivity contribution in [2.45, 2.75) is 45.6 Å². The van der Waals surface area contributed by atoms with E-state index in [-0.39, 0.29) is 18.2 Å². The number of nitrogens with one attached hydrogen (secondary N) is 1. The van der Waals surface area contributed by atoms with Crippen molar-refractivity contribution in [3.8, 4) is 11.5 Å². The Balaban J connectivity index is 1.48. The van der Waals surface area contributed by atoms with Crippen molar-refractivity contribution in [1.82, 2.24) is 9.80 Å². The standard InChI is InChI=1S/C29H37ClN4O4S/c1-4-38-23-9-6-21(7-10-23)31-27(35)19-25-28(36)34(22-8-11-26(37-3)24(30)18-22)29(39)33(25)15-5-14-32-16-12-20(2)13-17-32/h6-11,18,20,25H,4-5,12-17,19H2,1-3H3,(H,31,35)/t25-/m0/s1. The summed E-state index contributed by atoms with van der Waals surface area (Å²) in [6.07, 6.45) is 3.24. The summed E-state index contributed by atoms with van der Waals surface area (Å²) in [6, 6.07) is 11.6. The van der Waals surface area contributed by atoms with Gasteiger partial charge in [0, 0.05) is 12.2 Å². The second-order valence-electron chi connectivity index (χ2n) is 10.1. The van der Waals surface area contributed by atoms with E-state index in [0.717, 1.165) is 37.7 Å². The third kappa shape index (κ3) is 7.21. The molecule has 0 saturated carbocycles. The van der Waals surface area contributed by atoms with Crippen LogP contribution in [0.15, 0.2) is 42.5 Å². The quantitative estimate of drug-likeness (QED) is 0.371. The van der Waals surface area contributed by atoms with Gasteiger partial charge in [-0.3, -0.25) is 14.5 Å². The maximum Gasteiger partial charge on any atom is 0.256 e. The highest BCUT2D eigenvalue weighted by atomic mass is 35.5. The van der Waals surface area contributed by atoms with Crippen LogP contribution in [0.2, 0.25) is 5.02 Å². The van der Waals surface area contributed by atoms with Crippen LogP contribution >= 0.6 is 23.8 Å². The molecule has 39 heavy (non-hydrogen) atoms. The Bertz CT molecular complexity index is 1170. The SMILES string of the molecule is CCOc1ccc(NC(=O)C[C@H]2C(=O)N(c3ccc(OC)c(Cl)c3)C(=S)N2CCCN2CCC(C)CC2)cc1. The first-order chi connectivity index (χ1) is 18.8. The Morgan fingerprint density at radius 2 is 1.85 bits per heavy atom. The Morgan fingerprint density at radius 3 is 2.49 bits per heavy atom. The summed E-state index contributed by atoms with van der Waals surface area (Å²) in [5.41, 5.74) is 1.20. The van der Waals surface area contributed by atoms with Crippen LogP contribution in [0.1, 0.15) is 39.5 Å². The van der Waals surface area contributed by atoms with E-state index >= 15 is 0 Å². The van der Waals surface area contributed by atoms with Crippen LogP contribution in [0.4, 0.5) is 11.4 Å². The molecule has 0 aliphatic carbocycles.